The van der Waals surface area contributed by atoms with Crippen LogP contribution < -0.4 is 15.4 Å². The SMILES string of the molecule is CC(C)NC(=O)Nc1ccc2c(c1)C(=O)N([C@@H](C)CO)C[C@H](C)[C@H](CN(C)C(=O)CCC(F)(F)F)OCCCC[C@@H](C)O2. The summed E-state index contributed by atoms with van der Waals surface area (Å²) in [5.74, 6) is -1.10. The highest BCUT2D eigenvalue weighted by Gasteiger charge is 2.32. The summed E-state index contributed by atoms with van der Waals surface area (Å²) >= 11 is 0. The summed E-state index contributed by atoms with van der Waals surface area (Å²) in [6, 6.07) is 3.69. The molecule has 0 aromatic heterocycles. The number of rotatable bonds is 8. The molecule has 0 bridgehead atoms. The van der Waals surface area contributed by atoms with E-state index in [-0.39, 0.29) is 43.3 Å². The Morgan fingerprint density at radius 3 is 2.51 bits per heavy atom. The van der Waals surface area contributed by atoms with Crippen molar-refractivity contribution in [3.05, 3.63) is 23.8 Å². The van der Waals surface area contributed by atoms with Gasteiger partial charge in [-0.15, -0.1) is 0 Å². The number of hydrogen-bond donors (Lipinski definition) is 3. The maximum atomic E-state index is 14.1. The van der Waals surface area contributed by atoms with Crippen molar-refractivity contribution in [2.24, 2.45) is 5.92 Å². The monoisotopic (exact) mass is 616 g/mol. The molecule has 4 atom stereocenters. The largest absolute Gasteiger partial charge is 0.490 e. The zero-order chi connectivity index (χ0) is 32.3. The summed E-state index contributed by atoms with van der Waals surface area (Å²) in [7, 11) is 1.44. The standard InChI is InChI=1S/C30H47F3N4O6/c1-19(2)34-29(41)35-23-10-11-25-24(15-23)28(40)37(21(4)18-38)16-20(3)26(42-14-8-7-9-22(5)43-25)17-36(6)27(39)12-13-30(31,32)33/h10-11,15,19-22,26,38H,7-9,12-14,16-18H2,1-6H3,(H2,34,35,41)/t20-,21-,22+,26-/m0/s1. The fourth-order valence-corrected chi connectivity index (χ4v) is 4.70. The molecule has 0 aliphatic carbocycles. The number of urea groups is 1. The fourth-order valence-electron chi connectivity index (χ4n) is 4.70. The first-order valence-corrected chi connectivity index (χ1v) is 14.8. The van der Waals surface area contributed by atoms with Crippen molar-refractivity contribution in [2.75, 3.05) is 38.7 Å². The summed E-state index contributed by atoms with van der Waals surface area (Å²) in [6.07, 6.45) is -5.00. The van der Waals surface area contributed by atoms with Crippen molar-refractivity contribution in [3.8, 4) is 5.75 Å². The predicted molar refractivity (Wildman–Crippen MR) is 157 cm³/mol. The summed E-state index contributed by atoms with van der Waals surface area (Å²) in [4.78, 5) is 41.6. The highest BCUT2D eigenvalue weighted by molar-refractivity contribution is 5.99. The number of benzene rings is 1. The number of aliphatic hydroxyl groups is 1. The van der Waals surface area contributed by atoms with E-state index in [4.69, 9.17) is 9.47 Å². The van der Waals surface area contributed by atoms with Crippen LogP contribution in [0.25, 0.3) is 0 Å². The number of nitrogens with zero attached hydrogens (tertiary/aromatic N) is 2. The molecule has 1 heterocycles. The van der Waals surface area contributed by atoms with Gasteiger partial charge in [-0.3, -0.25) is 9.59 Å². The molecule has 0 radical (unpaired) electrons. The molecule has 1 aliphatic heterocycles. The average Bonchev–Trinajstić information content (AvgIpc) is 2.92. The van der Waals surface area contributed by atoms with Crippen LogP contribution in [0.4, 0.5) is 23.7 Å². The number of likely N-dealkylation sites (N-methyl/N-ethyl adjacent to an activating group) is 1. The van der Waals surface area contributed by atoms with E-state index in [1.165, 1.54) is 16.8 Å². The lowest BCUT2D eigenvalue weighted by Gasteiger charge is -2.36. The van der Waals surface area contributed by atoms with Crippen LogP contribution in [0.2, 0.25) is 0 Å². The van der Waals surface area contributed by atoms with E-state index in [1.807, 2.05) is 27.7 Å². The number of nitrogens with one attached hydrogen (secondary N) is 2. The zero-order valence-corrected chi connectivity index (χ0v) is 26.0. The van der Waals surface area contributed by atoms with Crippen LogP contribution in [0.5, 0.6) is 5.75 Å². The van der Waals surface area contributed by atoms with Gasteiger partial charge in [-0.2, -0.15) is 13.2 Å². The third kappa shape index (κ3) is 12.2. The van der Waals surface area contributed by atoms with Crippen LogP contribution in [-0.2, 0) is 9.53 Å². The van der Waals surface area contributed by atoms with E-state index < -0.39 is 49.0 Å². The number of ether oxygens (including phenoxy) is 2. The molecule has 1 aromatic carbocycles. The molecule has 0 spiro atoms. The van der Waals surface area contributed by atoms with Crippen LogP contribution in [0.3, 0.4) is 0 Å². The first-order valence-electron chi connectivity index (χ1n) is 14.8. The minimum Gasteiger partial charge on any atom is -0.490 e. The molecule has 13 heteroatoms. The fraction of sp³-hybridized carbons (Fsp3) is 0.700. The summed E-state index contributed by atoms with van der Waals surface area (Å²) < 4.78 is 50.4. The second-order valence-corrected chi connectivity index (χ2v) is 11.7. The minimum atomic E-state index is -4.43. The number of amides is 4. The Bertz CT molecular complexity index is 1070. The number of hydrogen-bond acceptors (Lipinski definition) is 6. The Morgan fingerprint density at radius 1 is 1.19 bits per heavy atom. The van der Waals surface area contributed by atoms with Gasteiger partial charge in [0, 0.05) is 50.8 Å². The number of halogens is 3. The molecule has 3 N–H and O–H groups in total. The van der Waals surface area contributed by atoms with Gasteiger partial charge in [-0.05, 0) is 65.2 Å². The second-order valence-electron chi connectivity index (χ2n) is 11.7. The third-order valence-electron chi connectivity index (χ3n) is 7.23. The highest BCUT2D eigenvalue weighted by Crippen LogP contribution is 2.29. The smallest absolute Gasteiger partial charge is 0.389 e. The molecule has 10 nitrogen and oxygen atoms in total. The third-order valence-corrected chi connectivity index (χ3v) is 7.23. The predicted octanol–water partition coefficient (Wildman–Crippen LogP) is 4.81. The zero-order valence-electron chi connectivity index (χ0n) is 26.0. The van der Waals surface area contributed by atoms with E-state index >= 15 is 0 Å². The summed E-state index contributed by atoms with van der Waals surface area (Å²) in [5, 5.41) is 15.5. The normalized spacial score (nSPS) is 21.3. The van der Waals surface area contributed by atoms with Crippen LogP contribution in [-0.4, -0.2) is 96.6 Å². The highest BCUT2D eigenvalue weighted by atomic mass is 19.4. The van der Waals surface area contributed by atoms with Gasteiger partial charge in [0.05, 0.1) is 36.8 Å². The number of carbonyl (C=O) groups excluding carboxylic acids is 3. The van der Waals surface area contributed by atoms with E-state index in [1.54, 1.807) is 25.1 Å². The van der Waals surface area contributed by atoms with Crippen molar-refractivity contribution < 1.29 is 42.1 Å². The maximum absolute atomic E-state index is 14.1. The van der Waals surface area contributed by atoms with Crippen LogP contribution in [0, 0.1) is 5.92 Å². The molecule has 1 aliphatic rings. The van der Waals surface area contributed by atoms with E-state index in [9.17, 15) is 32.7 Å². The van der Waals surface area contributed by atoms with Gasteiger partial charge >= 0.3 is 12.2 Å². The molecule has 0 saturated heterocycles. The molecule has 0 saturated carbocycles. The average molecular weight is 617 g/mol. The van der Waals surface area contributed by atoms with E-state index in [0.29, 0.717) is 30.9 Å². The van der Waals surface area contributed by atoms with Gasteiger partial charge in [0.1, 0.15) is 5.75 Å². The Labute approximate surface area is 252 Å². The van der Waals surface area contributed by atoms with Crippen molar-refractivity contribution in [1.29, 1.82) is 0 Å². The maximum Gasteiger partial charge on any atom is 0.389 e. The Balaban J connectivity index is 2.40. The molecule has 4 amide bonds. The summed E-state index contributed by atoms with van der Waals surface area (Å²) in [5.41, 5.74) is 0.586. The van der Waals surface area contributed by atoms with Gasteiger partial charge in [-0.25, -0.2) is 4.79 Å². The molecule has 1 aromatic rings. The van der Waals surface area contributed by atoms with Gasteiger partial charge in [0.15, 0.2) is 0 Å². The Hall–Kier alpha value is -3.06. The van der Waals surface area contributed by atoms with Gasteiger partial charge in [0.25, 0.3) is 5.91 Å². The van der Waals surface area contributed by atoms with Crippen molar-refractivity contribution in [3.63, 3.8) is 0 Å². The molecule has 43 heavy (non-hydrogen) atoms. The van der Waals surface area contributed by atoms with Crippen LogP contribution in [0.15, 0.2) is 18.2 Å². The first kappa shape index (κ1) is 36.1. The number of alkyl halides is 3. The van der Waals surface area contributed by atoms with Crippen LogP contribution >= 0.6 is 0 Å². The van der Waals surface area contributed by atoms with Crippen molar-refractivity contribution in [2.45, 2.75) is 97.2 Å². The van der Waals surface area contributed by atoms with E-state index in [2.05, 4.69) is 10.6 Å². The Morgan fingerprint density at radius 2 is 1.88 bits per heavy atom. The van der Waals surface area contributed by atoms with Gasteiger partial charge in [-0.1, -0.05) is 6.92 Å². The lowest BCUT2D eigenvalue weighted by molar-refractivity contribution is -0.149. The molecule has 244 valence electrons. The number of anilines is 1. The van der Waals surface area contributed by atoms with Crippen molar-refractivity contribution >= 4 is 23.5 Å². The quantitative estimate of drug-likeness (QED) is 0.386. The number of carbonyl (C=O) groups is 3. The van der Waals surface area contributed by atoms with E-state index in [0.717, 1.165) is 6.42 Å². The lowest BCUT2D eigenvalue weighted by Crippen LogP contribution is -2.48. The molecule has 0 unspecified atom stereocenters. The van der Waals surface area contributed by atoms with Gasteiger partial charge in [0.2, 0.25) is 5.91 Å². The van der Waals surface area contributed by atoms with Crippen LogP contribution in [0.1, 0.15) is 77.1 Å². The van der Waals surface area contributed by atoms with Crippen molar-refractivity contribution in [1.82, 2.24) is 15.1 Å². The lowest BCUT2D eigenvalue weighted by atomic mass is 10.0. The molecular weight excluding hydrogens is 569 g/mol. The topological polar surface area (TPSA) is 120 Å². The summed E-state index contributed by atoms with van der Waals surface area (Å²) in [6.45, 7) is 9.26. The molecular formula is C30H47F3N4O6. The molecule has 2 rings (SSSR count). The minimum absolute atomic E-state index is 0.0442. The number of aliphatic hydroxyl groups excluding tert-OH is 1. The molecule has 0 fully saturated rings. The van der Waals surface area contributed by atoms with Gasteiger partial charge < -0.3 is 35.0 Å². The second kappa shape index (κ2) is 16.7. The Kier molecular flexibility index (Phi) is 14.0. The number of fused-ring (bicyclic) bond motifs is 1. The first-order chi connectivity index (χ1) is 20.1.